The first-order chi connectivity index (χ1) is 15.9. The van der Waals surface area contributed by atoms with Crippen LogP contribution in [0.4, 0.5) is 5.69 Å². The summed E-state index contributed by atoms with van der Waals surface area (Å²) in [6.45, 7) is 6.04. The van der Waals surface area contributed by atoms with Gasteiger partial charge >= 0.3 is 0 Å². The van der Waals surface area contributed by atoms with E-state index in [2.05, 4.69) is 5.32 Å². The maximum absolute atomic E-state index is 13.2. The Balaban J connectivity index is 2.19. The summed E-state index contributed by atoms with van der Waals surface area (Å²) in [7, 11) is -3.53. The molecule has 0 aliphatic rings. The lowest BCUT2D eigenvalue weighted by Crippen LogP contribution is -2.47. The molecule has 0 heterocycles. The van der Waals surface area contributed by atoms with Gasteiger partial charge in [0, 0.05) is 36.1 Å². The number of nitrogens with zero attached hydrogens (tertiary/aromatic N) is 2. The van der Waals surface area contributed by atoms with Crippen molar-refractivity contribution in [2.24, 2.45) is 0 Å². The largest absolute Gasteiger partial charge is 0.355 e. The van der Waals surface area contributed by atoms with Gasteiger partial charge < -0.3 is 10.2 Å². The fourth-order valence-corrected chi connectivity index (χ4v) is 4.95. The highest BCUT2D eigenvalue weighted by Crippen LogP contribution is 2.24. The van der Waals surface area contributed by atoms with Crippen molar-refractivity contribution in [2.45, 2.75) is 46.2 Å². The molecule has 0 saturated heterocycles. The van der Waals surface area contributed by atoms with Crippen molar-refractivity contribution < 1.29 is 18.0 Å². The predicted molar refractivity (Wildman–Crippen MR) is 138 cm³/mol. The number of rotatable bonds is 11. The highest BCUT2D eigenvalue weighted by molar-refractivity contribution is 7.92. The van der Waals surface area contributed by atoms with Crippen molar-refractivity contribution in [2.75, 3.05) is 23.7 Å². The fourth-order valence-electron chi connectivity index (χ4n) is 3.52. The first-order valence-corrected chi connectivity index (χ1v) is 13.6. The molecule has 1 N–H and O–H groups in total. The Labute approximate surface area is 212 Å². The van der Waals surface area contributed by atoms with Gasteiger partial charge in [0.25, 0.3) is 0 Å². The Hall–Kier alpha value is -2.29. The Morgan fingerprint density at radius 1 is 1.12 bits per heavy atom. The summed E-state index contributed by atoms with van der Waals surface area (Å²) >= 11 is 12.3. The molecule has 2 amide bonds. The lowest BCUT2D eigenvalue weighted by molar-refractivity contribution is -0.140. The second-order valence-corrected chi connectivity index (χ2v) is 10.9. The van der Waals surface area contributed by atoms with Crippen LogP contribution in [0, 0.1) is 6.92 Å². The molecule has 2 aromatic carbocycles. The maximum atomic E-state index is 13.2. The Morgan fingerprint density at radius 2 is 1.82 bits per heavy atom. The molecule has 34 heavy (non-hydrogen) atoms. The molecule has 1 unspecified atom stereocenters. The Bertz CT molecular complexity index is 1120. The molecule has 186 valence electrons. The smallest absolute Gasteiger partial charge is 0.242 e. The van der Waals surface area contributed by atoms with Gasteiger partial charge in [-0.05, 0) is 62.6 Å². The van der Waals surface area contributed by atoms with E-state index < -0.39 is 16.1 Å². The predicted octanol–water partition coefficient (Wildman–Crippen LogP) is 4.40. The molecule has 0 fully saturated rings. The number of hydrogen-bond donors (Lipinski definition) is 1. The van der Waals surface area contributed by atoms with Gasteiger partial charge in [0.15, 0.2) is 0 Å². The van der Waals surface area contributed by atoms with Crippen molar-refractivity contribution in [3.05, 3.63) is 63.6 Å². The molecule has 0 aliphatic carbocycles. The summed E-state index contributed by atoms with van der Waals surface area (Å²) in [6.07, 6.45) is 1.49. The average molecular weight is 529 g/mol. The van der Waals surface area contributed by atoms with Crippen LogP contribution in [0.5, 0.6) is 0 Å². The van der Waals surface area contributed by atoms with Crippen LogP contribution in [-0.2, 0) is 26.2 Å². The standard InChI is InChI=1S/C24H31Cl2N3O4S/c1-5-27-24(31)18(3)28(16-19-11-12-20(25)15-22(19)26)23(30)10-7-13-29(34(4,32)33)21-9-6-8-17(2)14-21/h6,8-9,11-12,14-15,18H,5,7,10,13,16H2,1-4H3,(H,27,31). The quantitative estimate of drug-likeness (QED) is 0.469. The maximum Gasteiger partial charge on any atom is 0.242 e. The zero-order valence-corrected chi connectivity index (χ0v) is 22.2. The molecule has 0 aromatic heterocycles. The van der Waals surface area contributed by atoms with Crippen LogP contribution in [0.15, 0.2) is 42.5 Å². The number of sulfonamides is 1. The number of halogens is 2. The van der Waals surface area contributed by atoms with Crippen LogP contribution in [0.2, 0.25) is 10.0 Å². The molecule has 0 aliphatic heterocycles. The summed E-state index contributed by atoms with van der Waals surface area (Å²) in [5.41, 5.74) is 2.15. The number of nitrogens with one attached hydrogen (secondary N) is 1. The van der Waals surface area contributed by atoms with Gasteiger partial charge in [0.1, 0.15) is 6.04 Å². The van der Waals surface area contributed by atoms with E-state index in [-0.39, 0.29) is 37.7 Å². The van der Waals surface area contributed by atoms with Gasteiger partial charge in [-0.1, -0.05) is 41.4 Å². The van der Waals surface area contributed by atoms with Crippen molar-refractivity contribution in [3.8, 4) is 0 Å². The van der Waals surface area contributed by atoms with Gasteiger partial charge in [-0.3, -0.25) is 13.9 Å². The van der Waals surface area contributed by atoms with E-state index in [9.17, 15) is 18.0 Å². The third-order valence-electron chi connectivity index (χ3n) is 5.32. The van der Waals surface area contributed by atoms with E-state index in [0.717, 1.165) is 11.8 Å². The summed E-state index contributed by atoms with van der Waals surface area (Å²) in [5.74, 6) is -0.555. The fraction of sp³-hybridized carbons (Fsp3) is 0.417. The first-order valence-electron chi connectivity index (χ1n) is 11.0. The van der Waals surface area contributed by atoms with Crippen molar-refractivity contribution in [1.29, 1.82) is 0 Å². The number of carbonyl (C=O) groups excluding carboxylic acids is 2. The molecule has 2 aromatic rings. The highest BCUT2D eigenvalue weighted by atomic mass is 35.5. The molecule has 2 rings (SSSR count). The van der Waals surface area contributed by atoms with Gasteiger partial charge in [0.05, 0.1) is 11.9 Å². The molecule has 0 bridgehead atoms. The number of amides is 2. The van der Waals surface area contributed by atoms with Crippen molar-refractivity contribution in [3.63, 3.8) is 0 Å². The molecular formula is C24H31Cl2N3O4S. The lowest BCUT2D eigenvalue weighted by atomic mass is 10.1. The van der Waals surface area contributed by atoms with Gasteiger partial charge in [0.2, 0.25) is 21.8 Å². The zero-order chi connectivity index (χ0) is 25.5. The SMILES string of the molecule is CCNC(=O)C(C)N(Cc1ccc(Cl)cc1Cl)C(=O)CCCN(c1cccc(C)c1)S(C)(=O)=O. The van der Waals surface area contributed by atoms with E-state index in [0.29, 0.717) is 27.8 Å². The normalized spacial score (nSPS) is 12.2. The molecule has 0 saturated carbocycles. The minimum absolute atomic E-state index is 0.0623. The van der Waals surface area contributed by atoms with E-state index in [1.54, 1.807) is 50.2 Å². The number of aryl methyl sites for hydroxylation is 1. The number of likely N-dealkylation sites (N-methyl/N-ethyl adjacent to an activating group) is 1. The van der Waals surface area contributed by atoms with Crippen LogP contribution < -0.4 is 9.62 Å². The number of benzene rings is 2. The van der Waals surface area contributed by atoms with Crippen LogP contribution in [0.3, 0.4) is 0 Å². The van der Waals surface area contributed by atoms with E-state index >= 15 is 0 Å². The highest BCUT2D eigenvalue weighted by Gasteiger charge is 2.27. The van der Waals surface area contributed by atoms with E-state index in [1.165, 1.54) is 9.21 Å². The lowest BCUT2D eigenvalue weighted by Gasteiger charge is -2.29. The average Bonchev–Trinajstić information content (AvgIpc) is 2.75. The molecule has 10 heteroatoms. The van der Waals surface area contributed by atoms with E-state index in [1.807, 2.05) is 13.0 Å². The molecule has 0 spiro atoms. The number of anilines is 1. The molecular weight excluding hydrogens is 497 g/mol. The van der Waals surface area contributed by atoms with Crippen LogP contribution in [0.25, 0.3) is 0 Å². The monoisotopic (exact) mass is 527 g/mol. The molecule has 1 atom stereocenters. The summed E-state index contributed by atoms with van der Waals surface area (Å²) in [5, 5.41) is 3.61. The van der Waals surface area contributed by atoms with Crippen LogP contribution >= 0.6 is 23.2 Å². The Morgan fingerprint density at radius 3 is 2.41 bits per heavy atom. The summed E-state index contributed by atoms with van der Waals surface area (Å²) in [6, 6.07) is 11.4. The third-order valence-corrected chi connectivity index (χ3v) is 7.10. The summed E-state index contributed by atoms with van der Waals surface area (Å²) < 4.78 is 26.1. The molecule has 7 nitrogen and oxygen atoms in total. The van der Waals surface area contributed by atoms with E-state index in [4.69, 9.17) is 23.2 Å². The second-order valence-electron chi connectivity index (χ2n) is 8.11. The zero-order valence-electron chi connectivity index (χ0n) is 19.8. The van der Waals surface area contributed by atoms with Crippen molar-refractivity contribution >= 4 is 50.7 Å². The topological polar surface area (TPSA) is 86.8 Å². The Kier molecular flexibility index (Phi) is 10.2. The minimum atomic E-state index is -3.53. The van der Waals surface area contributed by atoms with Crippen LogP contribution in [-0.4, -0.2) is 50.5 Å². The van der Waals surface area contributed by atoms with Gasteiger partial charge in [-0.15, -0.1) is 0 Å². The molecule has 0 radical (unpaired) electrons. The number of hydrogen-bond acceptors (Lipinski definition) is 4. The third kappa shape index (κ3) is 7.89. The minimum Gasteiger partial charge on any atom is -0.355 e. The van der Waals surface area contributed by atoms with Crippen molar-refractivity contribution in [1.82, 2.24) is 10.2 Å². The summed E-state index contributed by atoms with van der Waals surface area (Å²) in [4.78, 5) is 27.2. The first kappa shape index (κ1) is 28.0. The van der Waals surface area contributed by atoms with Gasteiger partial charge in [-0.25, -0.2) is 8.42 Å². The number of carbonyl (C=O) groups is 2. The van der Waals surface area contributed by atoms with Gasteiger partial charge in [-0.2, -0.15) is 0 Å². The second kappa shape index (κ2) is 12.4. The van der Waals surface area contributed by atoms with Crippen LogP contribution in [0.1, 0.15) is 37.8 Å².